The quantitative estimate of drug-likeness (QED) is 0.193. The maximum absolute atomic E-state index is 14.5. The molecule has 0 unspecified atom stereocenters. The number of benzene rings is 1. The fourth-order valence-electron chi connectivity index (χ4n) is 3.14. The highest BCUT2D eigenvalue weighted by Gasteiger charge is 2.33. The molecule has 2 aromatic heterocycles. The predicted molar refractivity (Wildman–Crippen MR) is 106 cm³/mol. The Bertz CT molecular complexity index is 1240. The number of carbonyl (C=O) groups excluding carboxylic acids is 1. The molecule has 8 nitrogen and oxygen atoms in total. The third-order valence-corrected chi connectivity index (χ3v) is 4.64. The van der Waals surface area contributed by atoms with Gasteiger partial charge < -0.3 is 9.47 Å². The number of halogens is 5. The first-order valence-corrected chi connectivity index (χ1v) is 9.37. The first kappa shape index (κ1) is 24.5. The number of nitrogens with zero attached hydrogens (tertiary/aromatic N) is 3. The molecule has 1 aromatic carbocycles. The second-order valence-electron chi connectivity index (χ2n) is 6.79. The van der Waals surface area contributed by atoms with Crippen LogP contribution in [-0.4, -0.2) is 34.1 Å². The minimum absolute atomic E-state index is 0.0824. The van der Waals surface area contributed by atoms with Crippen molar-refractivity contribution in [1.29, 1.82) is 0 Å². The standard InChI is InChI=1S/C21H14F5N3O5/c1-33-19-10-28-15(9-16(19)29(31)32)17(30)8-12(20-13(22)3-2-6-27-20)11-4-5-18(14(23)7-11)34-21(24,25)26/h2-7,9-10,12H,8H2,1H3/t12-/m0/s1. The van der Waals surface area contributed by atoms with E-state index in [0.29, 0.717) is 12.1 Å². The van der Waals surface area contributed by atoms with E-state index >= 15 is 0 Å². The maximum atomic E-state index is 14.5. The molecule has 2 heterocycles. The summed E-state index contributed by atoms with van der Waals surface area (Å²) in [6, 6.07) is 5.55. The van der Waals surface area contributed by atoms with Crippen molar-refractivity contribution in [3.8, 4) is 11.5 Å². The number of pyridine rings is 2. The summed E-state index contributed by atoms with van der Waals surface area (Å²) in [6.45, 7) is 0. The minimum Gasteiger partial charge on any atom is -0.489 e. The number of alkyl halides is 3. The average molecular weight is 483 g/mol. The van der Waals surface area contributed by atoms with Gasteiger partial charge in [0.05, 0.1) is 23.9 Å². The molecule has 0 spiro atoms. The highest BCUT2D eigenvalue weighted by Crippen LogP contribution is 2.34. The summed E-state index contributed by atoms with van der Waals surface area (Å²) < 4.78 is 74.6. The minimum atomic E-state index is -5.14. The van der Waals surface area contributed by atoms with Gasteiger partial charge in [-0.1, -0.05) is 6.07 Å². The number of Topliss-reactive ketones (excluding diaryl/α,β-unsaturated/α-hetero) is 1. The lowest BCUT2D eigenvalue weighted by molar-refractivity contribution is -0.385. The number of ketones is 1. The van der Waals surface area contributed by atoms with Crippen LogP contribution in [0, 0.1) is 21.7 Å². The molecule has 1 atom stereocenters. The van der Waals surface area contributed by atoms with Crippen molar-refractivity contribution in [2.45, 2.75) is 18.7 Å². The number of methoxy groups -OCH3 is 1. The van der Waals surface area contributed by atoms with Crippen molar-refractivity contribution in [2.75, 3.05) is 7.11 Å². The lowest BCUT2D eigenvalue weighted by Gasteiger charge is -2.18. The Balaban J connectivity index is 2.01. The molecule has 0 aliphatic carbocycles. The second-order valence-corrected chi connectivity index (χ2v) is 6.79. The van der Waals surface area contributed by atoms with Crippen LogP contribution in [0.2, 0.25) is 0 Å². The summed E-state index contributed by atoms with van der Waals surface area (Å²) in [5.41, 5.74) is -1.27. The first-order chi connectivity index (χ1) is 16.0. The molecule has 0 saturated heterocycles. The molecule has 0 saturated carbocycles. The Morgan fingerprint density at radius 2 is 1.85 bits per heavy atom. The van der Waals surface area contributed by atoms with Crippen LogP contribution in [-0.2, 0) is 0 Å². The monoisotopic (exact) mass is 483 g/mol. The van der Waals surface area contributed by atoms with Gasteiger partial charge in [-0.25, -0.2) is 13.8 Å². The summed E-state index contributed by atoms with van der Waals surface area (Å²) in [4.78, 5) is 31.0. The fraction of sp³-hybridized carbons (Fsp3) is 0.190. The van der Waals surface area contributed by atoms with Crippen LogP contribution in [0.1, 0.15) is 34.1 Å². The maximum Gasteiger partial charge on any atom is 0.573 e. The highest BCUT2D eigenvalue weighted by atomic mass is 19.4. The summed E-state index contributed by atoms with van der Waals surface area (Å²) in [7, 11) is 1.17. The van der Waals surface area contributed by atoms with E-state index in [2.05, 4.69) is 14.7 Å². The fourth-order valence-corrected chi connectivity index (χ4v) is 3.14. The molecule has 0 aliphatic rings. The number of rotatable bonds is 8. The highest BCUT2D eigenvalue weighted by molar-refractivity contribution is 5.95. The Kier molecular flexibility index (Phi) is 7.03. The Morgan fingerprint density at radius 1 is 1.12 bits per heavy atom. The van der Waals surface area contributed by atoms with E-state index in [-0.39, 0.29) is 22.7 Å². The largest absolute Gasteiger partial charge is 0.573 e. The first-order valence-electron chi connectivity index (χ1n) is 9.37. The van der Waals surface area contributed by atoms with E-state index in [1.807, 2.05) is 0 Å². The zero-order valence-corrected chi connectivity index (χ0v) is 17.2. The van der Waals surface area contributed by atoms with Crippen LogP contribution < -0.4 is 9.47 Å². The number of carbonyl (C=O) groups is 1. The molecule has 0 amide bonds. The van der Waals surface area contributed by atoms with Crippen molar-refractivity contribution in [1.82, 2.24) is 9.97 Å². The summed E-state index contributed by atoms with van der Waals surface area (Å²) >= 11 is 0. The lowest BCUT2D eigenvalue weighted by Crippen LogP contribution is -2.18. The van der Waals surface area contributed by atoms with E-state index < -0.39 is 52.5 Å². The van der Waals surface area contributed by atoms with Gasteiger partial charge in [0.2, 0.25) is 5.75 Å². The van der Waals surface area contributed by atoms with Gasteiger partial charge >= 0.3 is 12.0 Å². The Labute approximate surface area is 188 Å². The van der Waals surface area contributed by atoms with Gasteiger partial charge in [-0.05, 0) is 29.8 Å². The van der Waals surface area contributed by atoms with Gasteiger partial charge in [0.15, 0.2) is 17.3 Å². The molecule has 0 bridgehead atoms. The molecule has 3 aromatic rings. The van der Waals surface area contributed by atoms with E-state index in [0.717, 1.165) is 24.4 Å². The number of nitro groups is 1. The third-order valence-electron chi connectivity index (χ3n) is 4.64. The van der Waals surface area contributed by atoms with Gasteiger partial charge in [0.25, 0.3) is 0 Å². The van der Waals surface area contributed by atoms with Gasteiger partial charge in [-0.15, -0.1) is 13.2 Å². The molecule has 34 heavy (non-hydrogen) atoms. The zero-order valence-electron chi connectivity index (χ0n) is 17.2. The van der Waals surface area contributed by atoms with E-state index in [1.54, 1.807) is 0 Å². The van der Waals surface area contributed by atoms with Gasteiger partial charge in [0, 0.05) is 24.6 Å². The SMILES string of the molecule is COc1cnc(C(=O)C[C@@H](c2ccc(OC(F)(F)F)c(F)c2)c2ncccc2F)cc1[N+](=O)[O-]. The molecule has 0 aliphatic heterocycles. The van der Waals surface area contributed by atoms with Gasteiger partial charge in [-0.3, -0.25) is 19.9 Å². The predicted octanol–water partition coefficient (Wildman–Crippen LogP) is 4.98. The molecule has 0 fully saturated rings. The van der Waals surface area contributed by atoms with Gasteiger partial charge in [-0.2, -0.15) is 0 Å². The Morgan fingerprint density at radius 3 is 2.44 bits per heavy atom. The van der Waals surface area contributed by atoms with Crippen LogP contribution in [0.4, 0.5) is 27.6 Å². The van der Waals surface area contributed by atoms with Crippen LogP contribution in [0.25, 0.3) is 0 Å². The van der Waals surface area contributed by atoms with Gasteiger partial charge in [0.1, 0.15) is 11.5 Å². The molecular formula is C21H14F5N3O5. The summed E-state index contributed by atoms with van der Waals surface area (Å²) in [5.74, 6) is -5.62. The molecule has 3 rings (SSSR count). The van der Waals surface area contributed by atoms with Crippen molar-refractivity contribution in [3.05, 3.63) is 87.5 Å². The van der Waals surface area contributed by atoms with Crippen molar-refractivity contribution >= 4 is 11.5 Å². The van der Waals surface area contributed by atoms with Crippen molar-refractivity contribution < 1.29 is 41.1 Å². The van der Waals surface area contributed by atoms with E-state index in [1.165, 1.54) is 19.4 Å². The topological polar surface area (TPSA) is 104 Å². The number of aromatic nitrogens is 2. The number of hydrogen-bond acceptors (Lipinski definition) is 7. The molecule has 178 valence electrons. The van der Waals surface area contributed by atoms with Crippen LogP contribution in [0.5, 0.6) is 11.5 Å². The molecular weight excluding hydrogens is 469 g/mol. The second kappa shape index (κ2) is 9.77. The van der Waals surface area contributed by atoms with E-state index in [4.69, 9.17) is 4.74 Å². The molecule has 13 heteroatoms. The lowest BCUT2D eigenvalue weighted by atomic mass is 9.89. The van der Waals surface area contributed by atoms with Crippen LogP contribution in [0.15, 0.2) is 48.8 Å². The normalized spacial score (nSPS) is 12.2. The molecule has 0 radical (unpaired) electrons. The summed E-state index contributed by atoms with van der Waals surface area (Å²) in [5, 5.41) is 11.2. The number of ether oxygens (including phenoxy) is 2. The van der Waals surface area contributed by atoms with Crippen molar-refractivity contribution in [2.24, 2.45) is 0 Å². The van der Waals surface area contributed by atoms with E-state index in [9.17, 15) is 36.9 Å². The average Bonchev–Trinajstić information content (AvgIpc) is 2.78. The molecule has 0 N–H and O–H groups in total. The zero-order chi connectivity index (χ0) is 25.0. The number of hydrogen-bond donors (Lipinski definition) is 0. The van der Waals surface area contributed by atoms with Crippen molar-refractivity contribution in [3.63, 3.8) is 0 Å². The third kappa shape index (κ3) is 5.60. The summed E-state index contributed by atoms with van der Waals surface area (Å²) in [6.07, 6.45) is -3.54. The van der Waals surface area contributed by atoms with Crippen LogP contribution in [0.3, 0.4) is 0 Å². The van der Waals surface area contributed by atoms with Crippen LogP contribution >= 0.6 is 0 Å². The Hall–Kier alpha value is -4.16. The smallest absolute Gasteiger partial charge is 0.489 e.